The van der Waals surface area contributed by atoms with Crippen LogP contribution in [-0.2, 0) is 4.79 Å². The van der Waals surface area contributed by atoms with Gasteiger partial charge >= 0.3 is 0 Å². The van der Waals surface area contributed by atoms with Gasteiger partial charge in [-0.15, -0.1) is 0 Å². The highest BCUT2D eigenvalue weighted by molar-refractivity contribution is 5.91. The van der Waals surface area contributed by atoms with Crippen LogP contribution in [0.2, 0.25) is 0 Å². The molecular formula is C24H32N4O3. The number of phenolic OH excluding ortho intramolecular Hbond substituents is 1. The number of nitrogens with one attached hydrogen (secondary N) is 1. The number of nitrogens with zero attached hydrogens (tertiary/aromatic N) is 3. The Bertz CT molecular complexity index is 1100. The van der Waals surface area contributed by atoms with Crippen LogP contribution < -0.4 is 10.2 Å². The number of aromatic hydroxyl groups is 1. The Hall–Kier alpha value is -3.19. The van der Waals surface area contributed by atoms with Gasteiger partial charge in [0.25, 0.3) is 5.91 Å². The third-order valence-electron chi connectivity index (χ3n) is 6.04. The second kappa shape index (κ2) is 8.51. The number of fused-ring (bicyclic) bond motifs is 1. The summed E-state index contributed by atoms with van der Waals surface area (Å²) < 4.78 is 0. The maximum atomic E-state index is 12.3. The average Bonchev–Trinajstić information content (AvgIpc) is 2.79. The zero-order valence-electron chi connectivity index (χ0n) is 17.9. The number of aliphatic hydroxyl groups is 1. The van der Waals surface area contributed by atoms with Crippen LogP contribution in [0.3, 0.4) is 0 Å². The maximum absolute atomic E-state index is 12.3. The number of piperidine rings is 1. The normalized spacial score (nSPS) is 16.8. The molecule has 0 spiro atoms. The Labute approximate surface area is 184 Å². The highest BCUT2D eigenvalue weighted by atomic mass is 16.3. The molecule has 7 nitrogen and oxygen atoms in total. The minimum absolute atomic E-state index is 0. The predicted octanol–water partition coefficient (Wildman–Crippen LogP) is 3.74. The highest BCUT2D eigenvalue weighted by Crippen LogP contribution is 2.32. The van der Waals surface area contributed by atoms with Crippen molar-refractivity contribution >= 4 is 22.6 Å². The van der Waals surface area contributed by atoms with Crippen molar-refractivity contribution in [2.45, 2.75) is 44.8 Å². The van der Waals surface area contributed by atoms with E-state index in [4.69, 9.17) is 4.98 Å². The first-order valence-corrected chi connectivity index (χ1v) is 10.7. The van der Waals surface area contributed by atoms with Crippen molar-refractivity contribution in [3.05, 3.63) is 48.5 Å². The van der Waals surface area contributed by atoms with Gasteiger partial charge in [0.05, 0.1) is 11.1 Å². The molecule has 166 valence electrons. The number of carbonyl (C=O) groups excluding carboxylic acids is 1. The molecule has 0 bridgehead atoms. The van der Waals surface area contributed by atoms with Crippen LogP contribution in [0.25, 0.3) is 22.3 Å². The molecule has 31 heavy (non-hydrogen) atoms. The van der Waals surface area contributed by atoms with Gasteiger partial charge in [-0.1, -0.05) is 31.2 Å². The van der Waals surface area contributed by atoms with E-state index in [1.165, 1.54) is 0 Å². The van der Waals surface area contributed by atoms with Gasteiger partial charge < -0.3 is 20.4 Å². The van der Waals surface area contributed by atoms with E-state index in [0.29, 0.717) is 17.8 Å². The second-order valence-electron chi connectivity index (χ2n) is 8.27. The van der Waals surface area contributed by atoms with Gasteiger partial charge in [-0.05, 0) is 50.5 Å². The minimum atomic E-state index is -1.34. The van der Waals surface area contributed by atoms with Gasteiger partial charge in [0.2, 0.25) is 0 Å². The van der Waals surface area contributed by atoms with Crippen LogP contribution in [0.4, 0.5) is 5.82 Å². The number of hydrogen-bond donors (Lipinski definition) is 3. The Balaban J connectivity index is 0.00000193. The summed E-state index contributed by atoms with van der Waals surface area (Å²) in [5, 5.41) is 24.4. The number of hydrogen-bond acceptors (Lipinski definition) is 6. The van der Waals surface area contributed by atoms with E-state index in [1.54, 1.807) is 26.0 Å². The SMILES string of the molecule is CCC(C)(O)C(=O)NC1CCN(c2nc(-c3ccccc3O)nc3ccccc23)CC1.[HH].[HH]. The van der Waals surface area contributed by atoms with Crippen LogP contribution in [0, 0.1) is 0 Å². The molecule has 1 aromatic heterocycles. The molecule has 1 fully saturated rings. The van der Waals surface area contributed by atoms with Crippen molar-refractivity contribution in [3.63, 3.8) is 0 Å². The van der Waals surface area contributed by atoms with Crippen molar-refractivity contribution in [2.24, 2.45) is 0 Å². The molecule has 3 N–H and O–H groups in total. The highest BCUT2D eigenvalue weighted by Gasteiger charge is 2.31. The van der Waals surface area contributed by atoms with E-state index in [0.717, 1.165) is 42.7 Å². The minimum Gasteiger partial charge on any atom is -0.507 e. The number of anilines is 1. The molecule has 1 atom stereocenters. The maximum Gasteiger partial charge on any atom is 0.251 e. The van der Waals surface area contributed by atoms with Crippen molar-refractivity contribution in [3.8, 4) is 17.1 Å². The number of rotatable bonds is 5. The summed E-state index contributed by atoms with van der Waals surface area (Å²) in [5.74, 6) is 1.14. The number of amides is 1. The number of aromatic nitrogens is 2. The summed E-state index contributed by atoms with van der Waals surface area (Å²) >= 11 is 0. The Morgan fingerprint density at radius 1 is 1.16 bits per heavy atom. The van der Waals surface area contributed by atoms with Gasteiger partial charge in [0, 0.05) is 27.4 Å². The van der Waals surface area contributed by atoms with E-state index in [2.05, 4.69) is 15.2 Å². The fourth-order valence-electron chi connectivity index (χ4n) is 3.82. The van der Waals surface area contributed by atoms with Crippen molar-refractivity contribution in [1.29, 1.82) is 0 Å². The predicted molar refractivity (Wildman–Crippen MR) is 125 cm³/mol. The van der Waals surface area contributed by atoms with Gasteiger partial charge in [-0.2, -0.15) is 0 Å². The molecule has 1 aliphatic rings. The monoisotopic (exact) mass is 424 g/mol. The lowest BCUT2D eigenvalue weighted by Crippen LogP contribution is -2.51. The van der Waals surface area contributed by atoms with E-state index < -0.39 is 5.60 Å². The molecular weight excluding hydrogens is 392 g/mol. The largest absolute Gasteiger partial charge is 0.507 e. The van der Waals surface area contributed by atoms with Crippen molar-refractivity contribution in [1.82, 2.24) is 15.3 Å². The Kier molecular flexibility index (Phi) is 5.78. The van der Waals surface area contributed by atoms with Crippen LogP contribution in [-0.4, -0.2) is 50.8 Å². The number of phenols is 1. The van der Waals surface area contributed by atoms with Crippen molar-refractivity contribution < 1.29 is 17.9 Å². The first-order chi connectivity index (χ1) is 14.9. The molecule has 1 aliphatic heterocycles. The van der Waals surface area contributed by atoms with Crippen LogP contribution in [0.15, 0.2) is 48.5 Å². The zero-order chi connectivity index (χ0) is 22.0. The Morgan fingerprint density at radius 3 is 2.55 bits per heavy atom. The fourth-order valence-corrected chi connectivity index (χ4v) is 3.82. The summed E-state index contributed by atoms with van der Waals surface area (Å²) in [5.41, 5.74) is 0.0747. The molecule has 3 aromatic rings. The lowest BCUT2D eigenvalue weighted by Gasteiger charge is -2.35. The number of carbonyl (C=O) groups is 1. The van der Waals surface area contributed by atoms with Crippen LogP contribution in [0.5, 0.6) is 5.75 Å². The number of benzene rings is 2. The third kappa shape index (κ3) is 4.32. The summed E-state index contributed by atoms with van der Waals surface area (Å²) in [7, 11) is 0. The molecule has 1 unspecified atom stereocenters. The molecule has 0 saturated carbocycles. The van der Waals surface area contributed by atoms with Gasteiger partial charge in [-0.3, -0.25) is 4.79 Å². The van der Waals surface area contributed by atoms with E-state index in [9.17, 15) is 15.0 Å². The fraction of sp³-hybridized carbons (Fsp3) is 0.375. The van der Waals surface area contributed by atoms with E-state index >= 15 is 0 Å². The lowest BCUT2D eigenvalue weighted by molar-refractivity contribution is -0.139. The molecule has 1 amide bonds. The van der Waals surface area contributed by atoms with Crippen LogP contribution in [0.1, 0.15) is 36.0 Å². The number of para-hydroxylation sites is 2. The molecule has 1 saturated heterocycles. The van der Waals surface area contributed by atoms with Gasteiger partial charge in [0.15, 0.2) is 5.82 Å². The topological polar surface area (TPSA) is 98.6 Å². The summed E-state index contributed by atoms with van der Waals surface area (Å²) in [6, 6.07) is 15.0. The van der Waals surface area contributed by atoms with E-state index in [-0.39, 0.29) is 20.6 Å². The molecule has 4 rings (SSSR count). The van der Waals surface area contributed by atoms with Gasteiger partial charge in [-0.25, -0.2) is 9.97 Å². The summed E-state index contributed by atoms with van der Waals surface area (Å²) in [6.45, 7) is 4.79. The molecule has 0 aliphatic carbocycles. The molecule has 0 radical (unpaired) electrons. The first-order valence-electron chi connectivity index (χ1n) is 10.7. The lowest BCUT2D eigenvalue weighted by atomic mass is 9.99. The van der Waals surface area contributed by atoms with E-state index in [1.807, 2.05) is 36.4 Å². The summed E-state index contributed by atoms with van der Waals surface area (Å²) in [6.07, 6.45) is 1.89. The smallest absolute Gasteiger partial charge is 0.251 e. The quantitative estimate of drug-likeness (QED) is 0.577. The Morgan fingerprint density at radius 2 is 1.84 bits per heavy atom. The second-order valence-corrected chi connectivity index (χ2v) is 8.27. The van der Waals surface area contributed by atoms with Gasteiger partial charge in [0.1, 0.15) is 17.2 Å². The molecule has 2 aromatic carbocycles. The third-order valence-corrected chi connectivity index (χ3v) is 6.04. The molecule has 2 heterocycles. The zero-order valence-corrected chi connectivity index (χ0v) is 17.9. The van der Waals surface area contributed by atoms with Crippen molar-refractivity contribution in [2.75, 3.05) is 18.0 Å². The standard InChI is InChI=1S/C24H28N4O3.2H2/c1-3-24(2,31)23(30)25-16-12-14-28(15-13-16)22-17-8-4-6-10-19(17)26-21(27-22)18-9-5-7-11-20(18)29;;/h4-11,16,29,31H,3,12-15H2,1-2H3,(H,25,30);2*1H. The average molecular weight is 425 g/mol. The first kappa shape index (κ1) is 21.1. The summed E-state index contributed by atoms with van der Waals surface area (Å²) in [4.78, 5) is 24.0. The van der Waals surface area contributed by atoms with Crippen LogP contribution >= 0.6 is 0 Å². The molecule has 7 heteroatoms.